The second kappa shape index (κ2) is 5.31. The Labute approximate surface area is 113 Å². The molecule has 1 aromatic rings. The highest BCUT2D eigenvalue weighted by Gasteiger charge is 2.24. The van der Waals surface area contributed by atoms with Gasteiger partial charge in [0.2, 0.25) is 0 Å². The zero-order valence-electron chi connectivity index (χ0n) is 11.3. The Morgan fingerprint density at radius 3 is 2.94 bits per heavy atom. The van der Waals surface area contributed by atoms with Crippen LogP contribution in [0.2, 0.25) is 0 Å². The van der Waals surface area contributed by atoms with Crippen LogP contribution in [-0.2, 0) is 0 Å². The van der Waals surface area contributed by atoms with Crippen molar-refractivity contribution < 1.29 is 4.79 Å². The SMILES string of the molecule is CC(=O)c1ccnc(N2CCSC(C)(C)CC2)c1. The Bertz CT molecular complexity index is 445. The van der Waals surface area contributed by atoms with Crippen LogP contribution in [0, 0.1) is 0 Å². The van der Waals surface area contributed by atoms with Gasteiger partial charge in [-0.15, -0.1) is 0 Å². The Morgan fingerprint density at radius 1 is 1.44 bits per heavy atom. The molecule has 0 spiro atoms. The maximum absolute atomic E-state index is 11.4. The van der Waals surface area contributed by atoms with Crippen molar-refractivity contribution in [1.29, 1.82) is 0 Å². The third kappa shape index (κ3) is 3.25. The van der Waals surface area contributed by atoms with Gasteiger partial charge >= 0.3 is 0 Å². The van der Waals surface area contributed by atoms with E-state index in [1.165, 1.54) is 0 Å². The molecular formula is C14H20N2OS. The van der Waals surface area contributed by atoms with E-state index in [2.05, 4.69) is 23.7 Å². The zero-order valence-corrected chi connectivity index (χ0v) is 12.1. The van der Waals surface area contributed by atoms with E-state index < -0.39 is 0 Å². The fourth-order valence-electron chi connectivity index (χ4n) is 2.06. The van der Waals surface area contributed by atoms with Crippen LogP contribution in [0.4, 0.5) is 5.82 Å². The molecule has 1 aromatic heterocycles. The lowest BCUT2D eigenvalue weighted by molar-refractivity contribution is 0.101. The first-order valence-corrected chi connectivity index (χ1v) is 7.32. The molecule has 0 N–H and O–H groups in total. The molecule has 2 heterocycles. The molecule has 3 nitrogen and oxygen atoms in total. The summed E-state index contributed by atoms with van der Waals surface area (Å²) < 4.78 is 0.340. The average molecular weight is 264 g/mol. The fraction of sp³-hybridized carbons (Fsp3) is 0.571. The Kier molecular flexibility index (Phi) is 3.95. The number of hydrogen-bond donors (Lipinski definition) is 0. The van der Waals surface area contributed by atoms with E-state index in [9.17, 15) is 4.79 Å². The van der Waals surface area contributed by atoms with Crippen LogP contribution in [-0.4, -0.2) is 34.4 Å². The molecule has 98 valence electrons. The number of nitrogens with zero attached hydrogens (tertiary/aromatic N) is 2. The summed E-state index contributed by atoms with van der Waals surface area (Å²) in [5.41, 5.74) is 0.746. The van der Waals surface area contributed by atoms with E-state index in [0.717, 1.165) is 36.6 Å². The largest absolute Gasteiger partial charge is 0.356 e. The molecule has 1 fully saturated rings. The molecule has 0 radical (unpaired) electrons. The van der Waals surface area contributed by atoms with Gasteiger partial charge in [0.15, 0.2) is 5.78 Å². The smallest absolute Gasteiger partial charge is 0.159 e. The minimum Gasteiger partial charge on any atom is -0.356 e. The number of carbonyl (C=O) groups excluding carboxylic acids is 1. The summed E-state index contributed by atoms with van der Waals surface area (Å²) in [5.74, 6) is 2.14. The maximum Gasteiger partial charge on any atom is 0.159 e. The van der Waals surface area contributed by atoms with Gasteiger partial charge in [-0.1, -0.05) is 13.8 Å². The van der Waals surface area contributed by atoms with Crippen molar-refractivity contribution in [2.45, 2.75) is 31.9 Å². The maximum atomic E-state index is 11.4. The Hall–Kier alpha value is -1.03. The summed E-state index contributed by atoms with van der Waals surface area (Å²) >= 11 is 2.01. The minimum atomic E-state index is 0.100. The molecule has 2 rings (SSSR count). The van der Waals surface area contributed by atoms with E-state index in [0.29, 0.717) is 4.75 Å². The molecule has 18 heavy (non-hydrogen) atoms. The van der Waals surface area contributed by atoms with Crippen molar-refractivity contribution in [2.24, 2.45) is 0 Å². The summed E-state index contributed by atoms with van der Waals surface area (Å²) in [6, 6.07) is 3.69. The molecule has 0 atom stereocenters. The van der Waals surface area contributed by atoms with E-state index in [-0.39, 0.29) is 5.78 Å². The number of ketones is 1. The molecular weight excluding hydrogens is 244 g/mol. The quantitative estimate of drug-likeness (QED) is 0.769. The molecule has 0 amide bonds. The lowest BCUT2D eigenvalue weighted by Crippen LogP contribution is -2.27. The number of thioether (sulfide) groups is 1. The highest BCUT2D eigenvalue weighted by Crippen LogP contribution is 2.31. The van der Waals surface area contributed by atoms with Gasteiger partial charge in [0.1, 0.15) is 5.82 Å². The van der Waals surface area contributed by atoms with Gasteiger partial charge in [-0.2, -0.15) is 11.8 Å². The van der Waals surface area contributed by atoms with Crippen LogP contribution in [0.1, 0.15) is 37.6 Å². The third-order valence-corrected chi connectivity index (χ3v) is 4.69. The fourth-order valence-corrected chi connectivity index (χ4v) is 3.16. The first kappa shape index (κ1) is 13.4. The number of rotatable bonds is 2. The van der Waals surface area contributed by atoms with Crippen LogP contribution in [0.15, 0.2) is 18.3 Å². The predicted octanol–water partition coefficient (Wildman–Crippen LogP) is 3.01. The lowest BCUT2D eigenvalue weighted by Gasteiger charge is -2.23. The number of Topliss-reactive ketones (excluding diaryl/α,β-unsaturated/α-hetero) is 1. The van der Waals surface area contributed by atoms with Crippen molar-refractivity contribution in [3.63, 3.8) is 0 Å². The van der Waals surface area contributed by atoms with Crippen molar-refractivity contribution in [3.8, 4) is 0 Å². The highest BCUT2D eigenvalue weighted by molar-refractivity contribution is 8.00. The number of pyridine rings is 1. The Balaban J connectivity index is 2.16. The molecule has 0 aromatic carbocycles. The molecule has 1 aliphatic rings. The van der Waals surface area contributed by atoms with E-state index >= 15 is 0 Å². The molecule has 1 saturated heterocycles. The van der Waals surface area contributed by atoms with Gasteiger partial charge in [-0.25, -0.2) is 4.98 Å². The normalized spacial score (nSPS) is 19.4. The van der Waals surface area contributed by atoms with Gasteiger partial charge in [0.25, 0.3) is 0 Å². The predicted molar refractivity (Wildman–Crippen MR) is 77.6 cm³/mol. The summed E-state index contributed by atoms with van der Waals surface area (Å²) in [6.45, 7) is 8.19. The molecule has 4 heteroatoms. The van der Waals surface area contributed by atoms with Crippen molar-refractivity contribution in [1.82, 2.24) is 4.98 Å². The standard InChI is InChI=1S/C14H20N2OS/c1-11(17)12-4-6-15-13(10-12)16-7-5-14(2,3)18-9-8-16/h4,6,10H,5,7-9H2,1-3H3. The molecule has 1 aliphatic heterocycles. The lowest BCUT2D eigenvalue weighted by atomic mass is 10.1. The van der Waals surface area contributed by atoms with Gasteiger partial charge in [-0.05, 0) is 25.5 Å². The number of anilines is 1. The number of hydrogen-bond acceptors (Lipinski definition) is 4. The van der Waals surface area contributed by atoms with E-state index in [4.69, 9.17) is 0 Å². The van der Waals surface area contributed by atoms with Crippen molar-refractivity contribution in [2.75, 3.05) is 23.7 Å². The molecule has 0 bridgehead atoms. The highest BCUT2D eigenvalue weighted by atomic mass is 32.2. The van der Waals surface area contributed by atoms with Crippen LogP contribution in [0.25, 0.3) is 0 Å². The summed E-state index contributed by atoms with van der Waals surface area (Å²) in [6.07, 6.45) is 2.87. The van der Waals surface area contributed by atoms with Crippen LogP contribution in [0.5, 0.6) is 0 Å². The summed E-state index contributed by atoms with van der Waals surface area (Å²) in [5, 5.41) is 0. The molecule has 0 unspecified atom stereocenters. The van der Waals surface area contributed by atoms with Gasteiger partial charge in [0.05, 0.1) is 0 Å². The topological polar surface area (TPSA) is 33.2 Å². The van der Waals surface area contributed by atoms with E-state index in [1.807, 2.05) is 17.8 Å². The van der Waals surface area contributed by atoms with E-state index in [1.54, 1.807) is 19.2 Å². The molecule has 0 aliphatic carbocycles. The zero-order chi connectivity index (χ0) is 13.2. The van der Waals surface area contributed by atoms with Gasteiger partial charge < -0.3 is 4.90 Å². The van der Waals surface area contributed by atoms with Crippen LogP contribution < -0.4 is 4.90 Å². The third-order valence-electron chi connectivity index (χ3n) is 3.31. The summed E-state index contributed by atoms with van der Waals surface area (Å²) in [7, 11) is 0. The van der Waals surface area contributed by atoms with Crippen molar-refractivity contribution >= 4 is 23.4 Å². The number of carbonyl (C=O) groups is 1. The first-order chi connectivity index (χ1) is 8.48. The first-order valence-electron chi connectivity index (χ1n) is 6.34. The Morgan fingerprint density at radius 2 is 2.22 bits per heavy atom. The summed E-state index contributed by atoms with van der Waals surface area (Å²) in [4.78, 5) is 18.1. The van der Waals surface area contributed by atoms with Crippen LogP contribution in [0.3, 0.4) is 0 Å². The molecule has 0 saturated carbocycles. The monoisotopic (exact) mass is 264 g/mol. The average Bonchev–Trinajstić information content (AvgIpc) is 2.50. The minimum absolute atomic E-state index is 0.100. The van der Waals surface area contributed by atoms with Crippen LogP contribution >= 0.6 is 11.8 Å². The van der Waals surface area contributed by atoms with Crippen molar-refractivity contribution in [3.05, 3.63) is 23.9 Å². The van der Waals surface area contributed by atoms with Gasteiger partial charge in [0, 0.05) is 35.3 Å². The second-order valence-electron chi connectivity index (χ2n) is 5.30. The van der Waals surface area contributed by atoms with Gasteiger partial charge in [-0.3, -0.25) is 4.79 Å². The second-order valence-corrected chi connectivity index (χ2v) is 7.11. The number of aromatic nitrogens is 1.